The molecule has 0 spiro atoms. The summed E-state index contributed by atoms with van der Waals surface area (Å²) in [5, 5.41) is 13.5. The minimum Gasteiger partial charge on any atom is -0.465 e. The third-order valence-corrected chi connectivity index (χ3v) is 2.29. The monoisotopic (exact) mass is 215 g/mol. The minimum atomic E-state index is -1.01. The van der Waals surface area contributed by atoms with Gasteiger partial charge in [-0.1, -0.05) is 0 Å². The maximum Gasteiger partial charge on any atom is 0.404 e. The van der Waals surface area contributed by atoms with Gasteiger partial charge in [0.15, 0.2) is 0 Å². The summed E-state index contributed by atoms with van der Waals surface area (Å²) in [6, 6.07) is 0. The fraction of sp³-hybridized carbons (Fsp3) is 0.778. The molecule has 1 aliphatic rings. The molecule has 1 rings (SSSR count). The van der Waals surface area contributed by atoms with Crippen molar-refractivity contribution in [3.8, 4) is 0 Å². The Labute approximate surface area is 88.6 Å². The van der Waals surface area contributed by atoms with Crippen LogP contribution in [0.4, 0.5) is 4.79 Å². The van der Waals surface area contributed by atoms with Gasteiger partial charge < -0.3 is 20.6 Å². The molecule has 0 unspecified atom stereocenters. The maximum absolute atomic E-state index is 11.3. The van der Waals surface area contributed by atoms with E-state index in [1.54, 1.807) is 0 Å². The van der Waals surface area contributed by atoms with Gasteiger partial charge in [-0.3, -0.25) is 4.79 Å². The van der Waals surface area contributed by atoms with E-state index >= 15 is 0 Å². The molecule has 0 aliphatic carbocycles. The number of carbonyl (C=O) groups is 2. The number of rotatable bonds is 6. The zero-order chi connectivity index (χ0) is 11.1. The normalized spacial score (nSPS) is 14.5. The summed E-state index contributed by atoms with van der Waals surface area (Å²) in [5.41, 5.74) is 0. The van der Waals surface area contributed by atoms with Crippen LogP contribution in [0.3, 0.4) is 0 Å². The third-order valence-electron chi connectivity index (χ3n) is 2.29. The van der Waals surface area contributed by atoms with Crippen LogP contribution in [-0.2, 0) is 4.79 Å². The molecule has 15 heavy (non-hydrogen) atoms. The molecule has 6 nitrogen and oxygen atoms in total. The molecule has 1 aliphatic heterocycles. The van der Waals surface area contributed by atoms with Gasteiger partial charge in [-0.05, 0) is 19.4 Å². The SMILES string of the molecule is O=C(O)NCCCNCC(=O)N1CCC1. The molecular weight excluding hydrogens is 198 g/mol. The van der Waals surface area contributed by atoms with Gasteiger partial charge in [0.25, 0.3) is 0 Å². The molecule has 0 aromatic carbocycles. The molecule has 0 aromatic rings. The lowest BCUT2D eigenvalue weighted by atomic mass is 10.2. The van der Waals surface area contributed by atoms with E-state index in [0.717, 1.165) is 19.5 Å². The van der Waals surface area contributed by atoms with Crippen molar-refractivity contribution in [2.24, 2.45) is 0 Å². The zero-order valence-electron chi connectivity index (χ0n) is 8.66. The Kier molecular flexibility index (Phi) is 4.89. The number of carbonyl (C=O) groups excluding carboxylic acids is 1. The lowest BCUT2D eigenvalue weighted by Gasteiger charge is -2.30. The number of nitrogens with zero attached hydrogens (tertiary/aromatic N) is 1. The van der Waals surface area contributed by atoms with E-state index in [9.17, 15) is 9.59 Å². The quantitative estimate of drug-likeness (QED) is 0.520. The molecule has 1 heterocycles. The van der Waals surface area contributed by atoms with Crippen LogP contribution >= 0.6 is 0 Å². The van der Waals surface area contributed by atoms with E-state index in [4.69, 9.17) is 5.11 Å². The predicted octanol–water partition coefficient (Wildman–Crippen LogP) is -0.534. The molecule has 86 valence electrons. The second kappa shape index (κ2) is 6.23. The van der Waals surface area contributed by atoms with Crippen LogP contribution in [0.15, 0.2) is 0 Å². The summed E-state index contributed by atoms with van der Waals surface area (Å²) in [4.78, 5) is 23.2. The Balaban J connectivity index is 1.88. The average Bonchev–Trinajstić information content (AvgIpc) is 2.07. The molecule has 0 aromatic heterocycles. The lowest BCUT2D eigenvalue weighted by molar-refractivity contribution is -0.133. The third kappa shape index (κ3) is 4.64. The smallest absolute Gasteiger partial charge is 0.404 e. The van der Waals surface area contributed by atoms with E-state index in [-0.39, 0.29) is 5.91 Å². The van der Waals surface area contributed by atoms with Crippen molar-refractivity contribution < 1.29 is 14.7 Å². The van der Waals surface area contributed by atoms with Gasteiger partial charge in [-0.25, -0.2) is 4.79 Å². The van der Waals surface area contributed by atoms with Gasteiger partial charge in [-0.15, -0.1) is 0 Å². The van der Waals surface area contributed by atoms with Crippen LogP contribution in [0.1, 0.15) is 12.8 Å². The standard InChI is InChI=1S/C9H17N3O3/c13-8(12-5-2-6-12)7-10-3-1-4-11-9(14)15/h10-11H,1-7H2,(H,14,15). The number of nitrogens with one attached hydrogen (secondary N) is 2. The highest BCUT2D eigenvalue weighted by atomic mass is 16.4. The topological polar surface area (TPSA) is 81.7 Å². The van der Waals surface area contributed by atoms with Crippen molar-refractivity contribution in [3.05, 3.63) is 0 Å². The first-order chi connectivity index (χ1) is 7.20. The van der Waals surface area contributed by atoms with Gasteiger partial charge >= 0.3 is 6.09 Å². The molecule has 2 amide bonds. The Hall–Kier alpha value is -1.30. The van der Waals surface area contributed by atoms with Crippen molar-refractivity contribution in [3.63, 3.8) is 0 Å². The van der Waals surface area contributed by atoms with Crippen LogP contribution in [-0.4, -0.2) is 54.7 Å². The van der Waals surface area contributed by atoms with E-state index in [0.29, 0.717) is 26.1 Å². The number of amides is 2. The summed E-state index contributed by atoms with van der Waals surface area (Å²) in [7, 11) is 0. The largest absolute Gasteiger partial charge is 0.465 e. The van der Waals surface area contributed by atoms with Crippen molar-refractivity contribution in [1.82, 2.24) is 15.5 Å². The summed E-state index contributed by atoms with van der Waals surface area (Å²) in [6.07, 6.45) is 0.792. The van der Waals surface area contributed by atoms with Crippen LogP contribution < -0.4 is 10.6 Å². The number of hydrogen-bond acceptors (Lipinski definition) is 3. The number of carboxylic acid groups (broad SMARTS) is 1. The Morgan fingerprint density at radius 2 is 2.00 bits per heavy atom. The van der Waals surface area contributed by atoms with Crippen molar-refractivity contribution in [2.45, 2.75) is 12.8 Å². The summed E-state index contributed by atoms with van der Waals surface area (Å²) < 4.78 is 0. The van der Waals surface area contributed by atoms with E-state index < -0.39 is 6.09 Å². The second-order valence-electron chi connectivity index (χ2n) is 3.50. The Morgan fingerprint density at radius 1 is 1.27 bits per heavy atom. The minimum absolute atomic E-state index is 0.132. The highest BCUT2D eigenvalue weighted by Gasteiger charge is 2.18. The van der Waals surface area contributed by atoms with E-state index in [2.05, 4.69) is 10.6 Å². The molecule has 0 atom stereocenters. The van der Waals surface area contributed by atoms with E-state index in [1.165, 1.54) is 0 Å². The predicted molar refractivity (Wildman–Crippen MR) is 54.7 cm³/mol. The number of hydrogen-bond donors (Lipinski definition) is 3. The van der Waals surface area contributed by atoms with Gasteiger partial charge in [0.1, 0.15) is 0 Å². The summed E-state index contributed by atoms with van der Waals surface area (Å²) in [6.45, 7) is 3.18. The van der Waals surface area contributed by atoms with Crippen LogP contribution in [0.2, 0.25) is 0 Å². The molecule has 0 saturated carbocycles. The average molecular weight is 215 g/mol. The van der Waals surface area contributed by atoms with Gasteiger partial charge in [0.05, 0.1) is 6.54 Å². The lowest BCUT2D eigenvalue weighted by Crippen LogP contribution is -2.46. The van der Waals surface area contributed by atoms with Crippen LogP contribution in [0, 0.1) is 0 Å². The Morgan fingerprint density at radius 3 is 2.53 bits per heavy atom. The fourth-order valence-corrected chi connectivity index (χ4v) is 1.28. The first kappa shape index (κ1) is 11.8. The Bertz CT molecular complexity index is 229. The zero-order valence-corrected chi connectivity index (χ0v) is 8.66. The molecule has 6 heteroatoms. The molecule has 1 fully saturated rings. The van der Waals surface area contributed by atoms with Crippen molar-refractivity contribution in [2.75, 3.05) is 32.7 Å². The summed E-state index contributed by atoms with van der Waals surface area (Å²) >= 11 is 0. The van der Waals surface area contributed by atoms with Gasteiger partial charge in [-0.2, -0.15) is 0 Å². The van der Waals surface area contributed by atoms with Crippen LogP contribution in [0.25, 0.3) is 0 Å². The molecule has 3 N–H and O–H groups in total. The maximum atomic E-state index is 11.3. The van der Waals surface area contributed by atoms with Gasteiger partial charge in [0.2, 0.25) is 5.91 Å². The van der Waals surface area contributed by atoms with Gasteiger partial charge in [0, 0.05) is 19.6 Å². The van der Waals surface area contributed by atoms with Crippen molar-refractivity contribution in [1.29, 1.82) is 0 Å². The second-order valence-corrected chi connectivity index (χ2v) is 3.50. The highest BCUT2D eigenvalue weighted by Crippen LogP contribution is 2.04. The first-order valence-electron chi connectivity index (χ1n) is 5.15. The number of likely N-dealkylation sites (tertiary alicyclic amines) is 1. The molecule has 1 saturated heterocycles. The summed E-state index contributed by atoms with van der Waals surface area (Å²) in [5.74, 6) is 0.132. The van der Waals surface area contributed by atoms with Crippen LogP contribution in [0.5, 0.6) is 0 Å². The van der Waals surface area contributed by atoms with Crippen molar-refractivity contribution >= 4 is 12.0 Å². The molecule has 0 bridgehead atoms. The molecular formula is C9H17N3O3. The first-order valence-corrected chi connectivity index (χ1v) is 5.15. The fourth-order valence-electron chi connectivity index (χ4n) is 1.28. The molecule has 0 radical (unpaired) electrons. The highest BCUT2D eigenvalue weighted by molar-refractivity contribution is 5.78. The van der Waals surface area contributed by atoms with E-state index in [1.807, 2.05) is 4.90 Å².